The molecule has 0 radical (unpaired) electrons. The molecule has 45 heavy (non-hydrogen) atoms. The highest BCUT2D eigenvalue weighted by molar-refractivity contribution is 5.98. The molecule has 0 aromatic heterocycles. The molecule has 2 aliphatic rings. The van der Waals surface area contributed by atoms with E-state index >= 15 is 0 Å². The summed E-state index contributed by atoms with van der Waals surface area (Å²) in [6.45, 7) is 2.29. The standard InChI is InChI=1S/C43H34N2/c1-28-23-24-40(44)43-41(28)38-20-11-10-18-36(38)35-17-8-9-19-37(35)39-22-12-21-34(42(39)45-43)33-26-31(29-13-4-2-5-14-29)25-32(27-33)30-15-6-3-7-16-30/h2-28,41,45H,44H2,1H3. The Morgan fingerprint density at radius 2 is 1.00 bits per heavy atom. The predicted molar refractivity (Wildman–Crippen MR) is 190 cm³/mol. The van der Waals surface area contributed by atoms with Gasteiger partial charge in [0, 0.05) is 22.7 Å². The molecule has 0 saturated heterocycles. The van der Waals surface area contributed by atoms with Crippen LogP contribution in [0.15, 0.2) is 169 Å². The highest BCUT2D eigenvalue weighted by Gasteiger charge is 2.32. The van der Waals surface area contributed by atoms with Gasteiger partial charge in [-0.05, 0) is 80.3 Å². The van der Waals surface area contributed by atoms with Gasteiger partial charge in [-0.2, -0.15) is 0 Å². The molecule has 0 spiro atoms. The number of allylic oxidation sites excluding steroid dienone is 3. The van der Waals surface area contributed by atoms with Crippen LogP contribution in [-0.4, -0.2) is 0 Å². The van der Waals surface area contributed by atoms with Crippen LogP contribution in [-0.2, 0) is 0 Å². The zero-order valence-electron chi connectivity index (χ0n) is 25.2. The third kappa shape index (κ3) is 4.76. The Morgan fingerprint density at radius 1 is 0.489 bits per heavy atom. The third-order valence-corrected chi connectivity index (χ3v) is 9.31. The molecule has 216 valence electrons. The van der Waals surface area contributed by atoms with Crippen molar-refractivity contribution in [2.24, 2.45) is 11.7 Å². The van der Waals surface area contributed by atoms with Crippen LogP contribution in [0.25, 0.3) is 55.6 Å². The Morgan fingerprint density at radius 3 is 1.67 bits per heavy atom. The minimum Gasteiger partial charge on any atom is -0.397 e. The lowest BCUT2D eigenvalue weighted by Crippen LogP contribution is -2.24. The van der Waals surface area contributed by atoms with Crippen molar-refractivity contribution in [1.29, 1.82) is 0 Å². The Kier molecular flexibility index (Phi) is 6.69. The third-order valence-electron chi connectivity index (χ3n) is 9.31. The minimum atomic E-state index is 0.0915. The zero-order chi connectivity index (χ0) is 30.3. The summed E-state index contributed by atoms with van der Waals surface area (Å²) in [5.41, 5.74) is 23.0. The van der Waals surface area contributed by atoms with Gasteiger partial charge in [-0.1, -0.05) is 140 Å². The van der Waals surface area contributed by atoms with Crippen molar-refractivity contribution in [2.75, 3.05) is 5.32 Å². The van der Waals surface area contributed by atoms with Gasteiger partial charge in [0.15, 0.2) is 0 Å². The monoisotopic (exact) mass is 578 g/mol. The van der Waals surface area contributed by atoms with E-state index in [1.807, 2.05) is 0 Å². The van der Waals surface area contributed by atoms with Crippen LogP contribution in [0.4, 0.5) is 5.69 Å². The summed E-state index contributed by atoms with van der Waals surface area (Å²) in [6.07, 6.45) is 4.32. The molecule has 6 aromatic rings. The molecular formula is C43H34N2. The van der Waals surface area contributed by atoms with Crippen molar-refractivity contribution in [2.45, 2.75) is 12.8 Å². The molecule has 0 saturated carbocycles. The first kappa shape index (κ1) is 27.0. The van der Waals surface area contributed by atoms with Gasteiger partial charge in [0.05, 0.1) is 11.4 Å². The van der Waals surface area contributed by atoms with E-state index in [-0.39, 0.29) is 11.8 Å². The van der Waals surface area contributed by atoms with Crippen LogP contribution in [0.2, 0.25) is 0 Å². The molecule has 8 rings (SSSR count). The maximum absolute atomic E-state index is 6.86. The van der Waals surface area contributed by atoms with Gasteiger partial charge >= 0.3 is 0 Å². The summed E-state index contributed by atoms with van der Waals surface area (Å²) in [4.78, 5) is 0. The van der Waals surface area contributed by atoms with Crippen LogP contribution in [0.3, 0.4) is 0 Å². The van der Waals surface area contributed by atoms with Crippen molar-refractivity contribution in [3.63, 3.8) is 0 Å². The summed E-state index contributed by atoms with van der Waals surface area (Å²) >= 11 is 0. The summed E-state index contributed by atoms with van der Waals surface area (Å²) in [7, 11) is 0. The molecule has 1 aliphatic heterocycles. The van der Waals surface area contributed by atoms with E-state index in [9.17, 15) is 0 Å². The van der Waals surface area contributed by atoms with Crippen LogP contribution in [0, 0.1) is 5.92 Å². The number of nitrogens with one attached hydrogen (secondary N) is 1. The fraction of sp³-hybridized carbons (Fsp3) is 0.0698. The number of anilines is 1. The summed E-state index contributed by atoms with van der Waals surface area (Å²) < 4.78 is 0. The van der Waals surface area contributed by atoms with Gasteiger partial charge in [-0.3, -0.25) is 0 Å². The molecule has 0 bridgehead atoms. The van der Waals surface area contributed by atoms with Gasteiger partial charge in [0.1, 0.15) is 0 Å². The van der Waals surface area contributed by atoms with Gasteiger partial charge < -0.3 is 11.1 Å². The lowest BCUT2D eigenvalue weighted by Gasteiger charge is -2.32. The molecule has 2 nitrogen and oxygen atoms in total. The van der Waals surface area contributed by atoms with Crippen LogP contribution < -0.4 is 11.1 Å². The Balaban J connectivity index is 1.43. The summed E-state index contributed by atoms with van der Waals surface area (Å²) in [5, 5.41) is 3.99. The zero-order valence-corrected chi connectivity index (χ0v) is 25.2. The molecule has 2 atom stereocenters. The SMILES string of the molecule is CC1C=CC(N)=C2Nc3c(-c4cc(-c5ccccc5)cc(-c5ccccc5)c4)cccc3-c3ccccc3-c3ccccc3C21. The van der Waals surface area contributed by atoms with E-state index in [1.165, 1.54) is 44.5 Å². The second-order valence-corrected chi connectivity index (χ2v) is 12.1. The van der Waals surface area contributed by atoms with Crippen LogP contribution in [0.5, 0.6) is 0 Å². The first-order valence-electron chi connectivity index (χ1n) is 15.7. The van der Waals surface area contributed by atoms with Crippen molar-refractivity contribution in [1.82, 2.24) is 0 Å². The molecule has 1 aliphatic carbocycles. The smallest absolute Gasteiger partial charge is 0.0542 e. The van der Waals surface area contributed by atoms with E-state index in [2.05, 4.69) is 170 Å². The van der Waals surface area contributed by atoms with Gasteiger partial charge in [0.25, 0.3) is 0 Å². The van der Waals surface area contributed by atoms with Crippen LogP contribution in [0.1, 0.15) is 18.4 Å². The lowest BCUT2D eigenvalue weighted by molar-refractivity contribution is 0.603. The minimum absolute atomic E-state index is 0.0915. The number of hydrogen-bond donors (Lipinski definition) is 2. The van der Waals surface area contributed by atoms with Gasteiger partial charge in [-0.25, -0.2) is 0 Å². The van der Waals surface area contributed by atoms with E-state index in [4.69, 9.17) is 5.73 Å². The van der Waals surface area contributed by atoms with Crippen molar-refractivity contribution in [3.05, 3.63) is 175 Å². The Bertz CT molecular complexity index is 2050. The molecule has 0 fully saturated rings. The number of benzene rings is 6. The normalized spacial score (nSPS) is 16.6. The average Bonchev–Trinajstić information content (AvgIpc) is 3.15. The fourth-order valence-electron chi connectivity index (χ4n) is 7.12. The first-order chi connectivity index (χ1) is 22.2. The first-order valence-corrected chi connectivity index (χ1v) is 15.7. The Hall–Kier alpha value is -5.60. The quantitative estimate of drug-likeness (QED) is 0.219. The highest BCUT2D eigenvalue weighted by atomic mass is 14.9. The van der Waals surface area contributed by atoms with Crippen molar-refractivity contribution < 1.29 is 0 Å². The fourth-order valence-corrected chi connectivity index (χ4v) is 7.12. The Labute approximate surface area is 265 Å². The maximum atomic E-state index is 6.86. The number of hydrogen-bond acceptors (Lipinski definition) is 2. The van der Waals surface area contributed by atoms with Gasteiger partial charge in [-0.15, -0.1) is 0 Å². The van der Waals surface area contributed by atoms with E-state index in [0.717, 1.165) is 33.8 Å². The number of para-hydroxylation sites is 1. The highest BCUT2D eigenvalue weighted by Crippen LogP contribution is 2.49. The average molecular weight is 579 g/mol. The molecule has 1 heterocycles. The molecule has 6 aromatic carbocycles. The number of fused-ring (bicyclic) bond motifs is 7. The molecule has 3 N–H and O–H groups in total. The molecular weight excluding hydrogens is 544 g/mol. The topological polar surface area (TPSA) is 38.0 Å². The van der Waals surface area contributed by atoms with E-state index < -0.39 is 0 Å². The largest absolute Gasteiger partial charge is 0.397 e. The molecule has 2 heteroatoms. The second-order valence-electron chi connectivity index (χ2n) is 12.1. The second kappa shape index (κ2) is 11.2. The van der Waals surface area contributed by atoms with E-state index in [0.29, 0.717) is 0 Å². The predicted octanol–water partition coefficient (Wildman–Crippen LogP) is 10.9. The summed E-state index contributed by atoms with van der Waals surface area (Å²) in [6, 6.07) is 52.6. The molecule has 0 amide bonds. The van der Waals surface area contributed by atoms with E-state index in [1.54, 1.807) is 0 Å². The maximum Gasteiger partial charge on any atom is 0.0542 e. The number of rotatable bonds is 3. The summed E-state index contributed by atoms with van der Waals surface area (Å²) in [5.74, 6) is 0.363. The molecule has 2 unspecified atom stereocenters. The van der Waals surface area contributed by atoms with Crippen LogP contribution >= 0.6 is 0 Å². The lowest BCUT2D eigenvalue weighted by atomic mass is 9.77. The van der Waals surface area contributed by atoms with Crippen molar-refractivity contribution >= 4 is 5.69 Å². The van der Waals surface area contributed by atoms with Gasteiger partial charge in [0.2, 0.25) is 0 Å². The number of nitrogens with two attached hydrogens (primary N) is 1. The van der Waals surface area contributed by atoms with Crippen molar-refractivity contribution in [3.8, 4) is 55.6 Å².